The second-order valence-electron chi connectivity index (χ2n) is 9.59. The van der Waals surface area contributed by atoms with Crippen LogP contribution < -0.4 is 16.0 Å². The van der Waals surface area contributed by atoms with E-state index in [4.69, 9.17) is 5.73 Å². The second-order valence-corrected chi connectivity index (χ2v) is 9.59. The highest BCUT2D eigenvalue weighted by Crippen LogP contribution is 2.29. The molecule has 4 rings (SSSR count). The minimum absolute atomic E-state index is 0.254. The van der Waals surface area contributed by atoms with Crippen LogP contribution in [0.4, 0.5) is 10.1 Å². The van der Waals surface area contributed by atoms with Gasteiger partial charge in [-0.05, 0) is 56.8 Å². The van der Waals surface area contributed by atoms with Crippen molar-refractivity contribution in [3.8, 4) is 0 Å². The average Bonchev–Trinajstić information content (AvgIpc) is 2.78. The lowest BCUT2D eigenvalue weighted by Crippen LogP contribution is -2.49. The predicted octanol–water partition coefficient (Wildman–Crippen LogP) is 1.67. The number of benzene rings is 1. The lowest BCUT2D eigenvalue weighted by atomic mass is 9.90. The number of nitrogens with one attached hydrogen (secondary N) is 1. The minimum Gasteiger partial charge on any atom is -0.367 e. The zero-order valence-corrected chi connectivity index (χ0v) is 19.1. The molecule has 1 saturated carbocycles. The molecule has 2 heterocycles. The number of hydrogen-bond acceptors (Lipinski definition) is 6. The fraction of sp³-hybridized carbons (Fsp3) is 0.667. The highest BCUT2D eigenvalue weighted by molar-refractivity contribution is 6.00. The molecule has 8 heteroatoms. The molecule has 0 aromatic heterocycles. The molecule has 7 nitrogen and oxygen atoms in total. The highest BCUT2D eigenvalue weighted by atomic mass is 19.1. The van der Waals surface area contributed by atoms with E-state index in [2.05, 4.69) is 27.1 Å². The number of halogens is 1. The first-order valence-electron chi connectivity index (χ1n) is 12.0. The lowest BCUT2D eigenvalue weighted by molar-refractivity contribution is -0.134. The third-order valence-electron chi connectivity index (χ3n) is 7.46. The van der Waals surface area contributed by atoms with E-state index in [0.29, 0.717) is 36.2 Å². The first-order valence-corrected chi connectivity index (χ1v) is 12.0. The maximum Gasteiger partial charge on any atom is 0.234 e. The summed E-state index contributed by atoms with van der Waals surface area (Å²) < 4.78 is 14.9. The molecule has 32 heavy (non-hydrogen) atoms. The summed E-state index contributed by atoms with van der Waals surface area (Å²) in [7, 11) is 2.22. The van der Waals surface area contributed by atoms with E-state index in [0.717, 1.165) is 52.1 Å². The summed E-state index contributed by atoms with van der Waals surface area (Å²) in [6.07, 6.45) is 5.37. The van der Waals surface area contributed by atoms with Crippen LogP contribution >= 0.6 is 0 Å². The van der Waals surface area contributed by atoms with Gasteiger partial charge < -0.3 is 15.5 Å². The van der Waals surface area contributed by atoms with E-state index in [1.54, 1.807) is 6.07 Å². The van der Waals surface area contributed by atoms with Crippen LogP contribution in [0.2, 0.25) is 0 Å². The van der Waals surface area contributed by atoms with Gasteiger partial charge in [-0.3, -0.25) is 19.8 Å². The molecule has 1 atom stereocenters. The molecule has 2 aliphatic heterocycles. The van der Waals surface area contributed by atoms with E-state index in [1.165, 1.54) is 18.9 Å². The Morgan fingerprint density at radius 2 is 1.81 bits per heavy atom. The van der Waals surface area contributed by atoms with Crippen LogP contribution in [0.15, 0.2) is 18.2 Å². The van der Waals surface area contributed by atoms with Crippen LogP contribution in [-0.2, 0) is 9.59 Å². The molecule has 1 aromatic rings. The van der Waals surface area contributed by atoms with Crippen molar-refractivity contribution in [2.24, 2.45) is 5.73 Å². The van der Waals surface area contributed by atoms with Crippen molar-refractivity contribution in [2.45, 2.75) is 56.5 Å². The number of amides is 2. The Kier molecular flexibility index (Phi) is 7.43. The second kappa shape index (κ2) is 10.3. The quantitative estimate of drug-likeness (QED) is 0.649. The van der Waals surface area contributed by atoms with Crippen molar-refractivity contribution >= 4 is 17.5 Å². The molecule has 1 unspecified atom stereocenters. The Morgan fingerprint density at radius 1 is 1.09 bits per heavy atom. The standard InChI is InChI=1S/C24H36FN5O2/c1-28(19-5-3-18(26)4-6-19)10-11-29-12-14-30(15-13-29)22-8-2-17(16-21(22)25)20-7-9-23(31)27-24(20)32/h2,8,16,18-20H,3-7,9-15,26H2,1H3,(H,27,31,32)/t18-,19-,20?. The summed E-state index contributed by atoms with van der Waals surface area (Å²) in [5, 5.41) is 2.35. The number of carbonyl (C=O) groups is 2. The number of piperazine rings is 1. The Balaban J connectivity index is 1.26. The van der Waals surface area contributed by atoms with Gasteiger partial charge in [0.2, 0.25) is 11.8 Å². The third kappa shape index (κ3) is 5.47. The summed E-state index contributed by atoms with van der Waals surface area (Å²) in [6, 6.07) is 6.10. The lowest BCUT2D eigenvalue weighted by Gasteiger charge is -2.38. The Bertz CT molecular complexity index is 819. The van der Waals surface area contributed by atoms with Crippen LogP contribution in [0, 0.1) is 5.82 Å². The molecule has 2 amide bonds. The van der Waals surface area contributed by atoms with Gasteiger partial charge in [0.1, 0.15) is 5.82 Å². The number of hydrogen-bond donors (Lipinski definition) is 2. The maximum atomic E-state index is 14.9. The molecule has 176 valence electrons. The Labute approximate surface area is 190 Å². The Morgan fingerprint density at radius 3 is 2.47 bits per heavy atom. The molecule has 0 radical (unpaired) electrons. The molecule has 1 aromatic carbocycles. The summed E-state index contributed by atoms with van der Waals surface area (Å²) >= 11 is 0. The molecular weight excluding hydrogens is 409 g/mol. The predicted molar refractivity (Wildman–Crippen MR) is 123 cm³/mol. The van der Waals surface area contributed by atoms with Crippen molar-refractivity contribution in [1.29, 1.82) is 0 Å². The summed E-state index contributed by atoms with van der Waals surface area (Å²) in [5.74, 6) is -1.33. The number of rotatable bonds is 6. The van der Waals surface area contributed by atoms with Crippen LogP contribution in [0.1, 0.15) is 50.0 Å². The van der Waals surface area contributed by atoms with Gasteiger partial charge in [0.25, 0.3) is 0 Å². The van der Waals surface area contributed by atoms with Crippen LogP contribution in [0.3, 0.4) is 0 Å². The fourth-order valence-corrected chi connectivity index (χ4v) is 5.24. The molecule has 3 aliphatic rings. The first-order chi connectivity index (χ1) is 15.4. The smallest absolute Gasteiger partial charge is 0.234 e. The van der Waals surface area contributed by atoms with Crippen molar-refractivity contribution in [1.82, 2.24) is 15.1 Å². The third-order valence-corrected chi connectivity index (χ3v) is 7.46. The number of imide groups is 1. The van der Waals surface area contributed by atoms with Gasteiger partial charge in [0, 0.05) is 57.8 Å². The van der Waals surface area contributed by atoms with E-state index in [1.807, 2.05) is 6.07 Å². The fourth-order valence-electron chi connectivity index (χ4n) is 5.24. The van der Waals surface area contributed by atoms with Gasteiger partial charge in [-0.1, -0.05) is 6.07 Å². The summed E-state index contributed by atoms with van der Waals surface area (Å²) in [6.45, 7) is 5.49. The molecule has 0 spiro atoms. The minimum atomic E-state index is -0.454. The summed E-state index contributed by atoms with van der Waals surface area (Å²) in [4.78, 5) is 30.5. The molecule has 3 N–H and O–H groups in total. The summed E-state index contributed by atoms with van der Waals surface area (Å²) in [5.41, 5.74) is 7.26. The van der Waals surface area contributed by atoms with Gasteiger partial charge in [0.05, 0.1) is 11.6 Å². The molecule has 2 saturated heterocycles. The van der Waals surface area contributed by atoms with Gasteiger partial charge >= 0.3 is 0 Å². The largest absolute Gasteiger partial charge is 0.367 e. The molecule has 0 bridgehead atoms. The van der Waals surface area contributed by atoms with Crippen molar-refractivity contribution < 1.29 is 14.0 Å². The van der Waals surface area contributed by atoms with E-state index in [9.17, 15) is 14.0 Å². The van der Waals surface area contributed by atoms with Crippen molar-refractivity contribution in [3.63, 3.8) is 0 Å². The zero-order chi connectivity index (χ0) is 22.7. The van der Waals surface area contributed by atoms with Crippen molar-refractivity contribution in [2.75, 3.05) is 51.2 Å². The van der Waals surface area contributed by atoms with Crippen LogP contribution in [0.5, 0.6) is 0 Å². The number of nitrogens with two attached hydrogens (primary N) is 1. The van der Waals surface area contributed by atoms with Gasteiger partial charge in [-0.15, -0.1) is 0 Å². The SMILES string of the molecule is CN(CCN1CCN(c2ccc(C3CCC(=O)NC3=O)cc2F)CC1)[C@H]1CC[C@H](N)CC1. The van der Waals surface area contributed by atoms with Gasteiger partial charge in [-0.2, -0.15) is 0 Å². The zero-order valence-electron chi connectivity index (χ0n) is 19.1. The van der Waals surface area contributed by atoms with Gasteiger partial charge in [-0.25, -0.2) is 4.39 Å². The number of piperidine rings is 1. The number of nitrogens with zero attached hydrogens (tertiary/aromatic N) is 3. The van der Waals surface area contributed by atoms with Gasteiger partial charge in [0.15, 0.2) is 0 Å². The molecular formula is C24H36FN5O2. The monoisotopic (exact) mass is 445 g/mol. The normalized spacial score (nSPS) is 27.6. The van der Waals surface area contributed by atoms with Crippen molar-refractivity contribution in [3.05, 3.63) is 29.6 Å². The Hall–Kier alpha value is -2.03. The average molecular weight is 446 g/mol. The van der Waals surface area contributed by atoms with E-state index in [-0.39, 0.29) is 17.6 Å². The first kappa shape index (κ1) is 23.1. The molecule has 1 aliphatic carbocycles. The maximum absolute atomic E-state index is 14.9. The number of likely N-dealkylation sites (N-methyl/N-ethyl adjacent to an activating group) is 1. The number of anilines is 1. The number of carbonyl (C=O) groups excluding carboxylic acids is 2. The highest BCUT2D eigenvalue weighted by Gasteiger charge is 2.29. The van der Waals surface area contributed by atoms with Crippen LogP contribution in [0.25, 0.3) is 0 Å². The topological polar surface area (TPSA) is 81.9 Å². The van der Waals surface area contributed by atoms with E-state index >= 15 is 0 Å². The van der Waals surface area contributed by atoms with E-state index < -0.39 is 5.92 Å². The van der Waals surface area contributed by atoms with Crippen LogP contribution in [-0.4, -0.2) is 80.0 Å². The molecule has 3 fully saturated rings.